The van der Waals surface area contributed by atoms with Gasteiger partial charge in [0.2, 0.25) is 5.91 Å². The maximum atomic E-state index is 12.7. The lowest BCUT2D eigenvalue weighted by molar-refractivity contribution is -0.128. The fraction of sp³-hybridized carbons (Fsp3) is 0.500. The van der Waals surface area contributed by atoms with Gasteiger partial charge in [-0.15, -0.1) is 5.10 Å². The third kappa shape index (κ3) is 3.04. The molecule has 0 unspecified atom stereocenters. The van der Waals surface area contributed by atoms with Gasteiger partial charge in [0.05, 0.1) is 5.52 Å². The van der Waals surface area contributed by atoms with Gasteiger partial charge >= 0.3 is 0 Å². The average Bonchev–Trinajstić information content (AvgIpc) is 2.79. The number of benzene rings is 1. The Hall–Kier alpha value is -2.44. The van der Waals surface area contributed by atoms with Crippen LogP contribution < -0.4 is 0 Å². The lowest BCUT2D eigenvalue weighted by atomic mass is 10.1. The molecule has 1 aromatic heterocycles. The van der Waals surface area contributed by atoms with Gasteiger partial charge < -0.3 is 9.80 Å². The van der Waals surface area contributed by atoms with Crippen LogP contribution >= 0.6 is 0 Å². The highest BCUT2D eigenvalue weighted by Crippen LogP contribution is 2.16. The number of nitrogens with zero attached hydrogens (tertiary/aromatic N) is 5. The van der Waals surface area contributed by atoms with E-state index in [-0.39, 0.29) is 11.8 Å². The second kappa shape index (κ2) is 6.36. The van der Waals surface area contributed by atoms with E-state index in [1.54, 1.807) is 22.6 Å². The van der Waals surface area contributed by atoms with E-state index in [9.17, 15) is 9.59 Å². The van der Waals surface area contributed by atoms with E-state index < -0.39 is 0 Å². The fourth-order valence-corrected chi connectivity index (χ4v) is 2.96. The zero-order valence-corrected chi connectivity index (χ0v) is 13.5. The summed E-state index contributed by atoms with van der Waals surface area (Å²) in [6, 6.07) is 5.52. The van der Waals surface area contributed by atoms with Crippen molar-refractivity contribution in [3.8, 4) is 0 Å². The molecular formula is C16H21N5O2. The first-order valence-electron chi connectivity index (χ1n) is 7.98. The quantitative estimate of drug-likeness (QED) is 0.833. The summed E-state index contributed by atoms with van der Waals surface area (Å²) in [7, 11) is 0. The number of aromatic nitrogens is 3. The molecule has 122 valence electrons. The van der Waals surface area contributed by atoms with Gasteiger partial charge in [0, 0.05) is 45.2 Å². The smallest absolute Gasteiger partial charge is 0.253 e. The van der Waals surface area contributed by atoms with Crippen LogP contribution in [-0.4, -0.2) is 62.8 Å². The fourth-order valence-electron chi connectivity index (χ4n) is 2.96. The van der Waals surface area contributed by atoms with E-state index in [0.29, 0.717) is 31.7 Å². The molecule has 0 bridgehead atoms. The Morgan fingerprint density at radius 1 is 1.13 bits per heavy atom. The normalized spacial score (nSPS) is 15.7. The molecule has 1 saturated heterocycles. The maximum absolute atomic E-state index is 12.7. The minimum atomic E-state index is -0.0108. The summed E-state index contributed by atoms with van der Waals surface area (Å²) in [5.74, 6) is 0.0558. The van der Waals surface area contributed by atoms with Crippen LogP contribution in [0.25, 0.3) is 11.0 Å². The first-order chi connectivity index (χ1) is 11.1. The molecule has 0 aliphatic carbocycles. The van der Waals surface area contributed by atoms with Gasteiger partial charge in [0.25, 0.3) is 5.91 Å². The highest BCUT2D eigenvalue weighted by molar-refractivity contribution is 5.97. The Balaban J connectivity index is 1.78. The van der Waals surface area contributed by atoms with Gasteiger partial charge in [0.15, 0.2) is 0 Å². The molecule has 3 rings (SSSR count). The lowest BCUT2D eigenvalue weighted by Gasteiger charge is -2.21. The zero-order valence-electron chi connectivity index (χ0n) is 13.5. The number of aryl methyl sites for hydroxylation is 1. The van der Waals surface area contributed by atoms with Crippen LogP contribution in [0.2, 0.25) is 0 Å². The van der Waals surface area contributed by atoms with Gasteiger partial charge in [-0.1, -0.05) is 5.21 Å². The molecule has 1 aromatic carbocycles. The summed E-state index contributed by atoms with van der Waals surface area (Å²) in [6.45, 7) is 6.86. The van der Waals surface area contributed by atoms with Crippen molar-refractivity contribution >= 4 is 22.8 Å². The molecular weight excluding hydrogens is 294 g/mol. The van der Waals surface area contributed by atoms with E-state index in [0.717, 1.165) is 24.0 Å². The Morgan fingerprint density at radius 2 is 1.87 bits per heavy atom. The SMILES string of the molecule is CCn1nnc2cc(C(=O)N3CCCN(C(C)=O)CC3)ccc21. The van der Waals surface area contributed by atoms with Crippen LogP contribution in [0, 0.1) is 0 Å². The number of carbonyl (C=O) groups excluding carboxylic acids is 2. The minimum Gasteiger partial charge on any atom is -0.341 e. The van der Waals surface area contributed by atoms with E-state index in [2.05, 4.69) is 10.3 Å². The first-order valence-corrected chi connectivity index (χ1v) is 7.98. The summed E-state index contributed by atoms with van der Waals surface area (Å²) >= 11 is 0. The first kappa shape index (κ1) is 15.5. The van der Waals surface area contributed by atoms with Crippen molar-refractivity contribution in [2.45, 2.75) is 26.8 Å². The second-order valence-corrected chi connectivity index (χ2v) is 5.76. The number of carbonyl (C=O) groups is 2. The molecule has 0 N–H and O–H groups in total. The van der Waals surface area contributed by atoms with Crippen LogP contribution in [-0.2, 0) is 11.3 Å². The third-order valence-corrected chi connectivity index (χ3v) is 4.29. The average molecular weight is 315 g/mol. The van der Waals surface area contributed by atoms with Crippen molar-refractivity contribution < 1.29 is 9.59 Å². The molecule has 0 saturated carbocycles. The Kier molecular flexibility index (Phi) is 4.27. The molecule has 23 heavy (non-hydrogen) atoms. The third-order valence-electron chi connectivity index (χ3n) is 4.29. The largest absolute Gasteiger partial charge is 0.341 e. The molecule has 2 heterocycles. The molecule has 1 aliphatic heterocycles. The van der Waals surface area contributed by atoms with Crippen molar-refractivity contribution in [1.29, 1.82) is 0 Å². The molecule has 7 nitrogen and oxygen atoms in total. The summed E-state index contributed by atoms with van der Waals surface area (Å²) in [5, 5.41) is 8.19. The summed E-state index contributed by atoms with van der Waals surface area (Å²) < 4.78 is 1.81. The van der Waals surface area contributed by atoms with Crippen molar-refractivity contribution in [2.24, 2.45) is 0 Å². The number of fused-ring (bicyclic) bond motifs is 1. The molecule has 1 fully saturated rings. The molecule has 1 aliphatic rings. The minimum absolute atomic E-state index is 0.0108. The molecule has 0 spiro atoms. The van der Waals surface area contributed by atoms with Crippen LogP contribution in [0.4, 0.5) is 0 Å². The molecule has 0 atom stereocenters. The molecule has 2 amide bonds. The summed E-state index contributed by atoms with van der Waals surface area (Å²) in [6.07, 6.45) is 0.805. The monoisotopic (exact) mass is 315 g/mol. The zero-order chi connectivity index (χ0) is 16.4. The predicted octanol–water partition coefficient (Wildman–Crippen LogP) is 1.15. The molecule has 2 aromatic rings. The van der Waals surface area contributed by atoms with Crippen molar-refractivity contribution in [3.05, 3.63) is 23.8 Å². The van der Waals surface area contributed by atoms with E-state index >= 15 is 0 Å². The lowest BCUT2D eigenvalue weighted by Crippen LogP contribution is -2.36. The topological polar surface area (TPSA) is 71.3 Å². The standard InChI is InChI=1S/C16H21N5O2/c1-3-21-15-6-5-13(11-14(15)17-18-21)16(23)20-8-4-7-19(9-10-20)12(2)22/h5-6,11H,3-4,7-10H2,1-2H3. The Labute approximate surface area is 134 Å². The van der Waals surface area contributed by atoms with Gasteiger partial charge in [-0.3, -0.25) is 9.59 Å². The second-order valence-electron chi connectivity index (χ2n) is 5.76. The predicted molar refractivity (Wildman–Crippen MR) is 86.0 cm³/mol. The number of amides is 2. The van der Waals surface area contributed by atoms with E-state index in [1.807, 2.05) is 24.0 Å². The Morgan fingerprint density at radius 3 is 2.61 bits per heavy atom. The number of rotatable bonds is 2. The summed E-state index contributed by atoms with van der Waals surface area (Å²) in [4.78, 5) is 27.8. The maximum Gasteiger partial charge on any atom is 0.253 e. The van der Waals surface area contributed by atoms with Crippen LogP contribution in [0.3, 0.4) is 0 Å². The number of hydrogen-bond donors (Lipinski definition) is 0. The van der Waals surface area contributed by atoms with Crippen LogP contribution in [0.5, 0.6) is 0 Å². The van der Waals surface area contributed by atoms with Crippen LogP contribution in [0.15, 0.2) is 18.2 Å². The van der Waals surface area contributed by atoms with Gasteiger partial charge in [-0.25, -0.2) is 4.68 Å². The molecule has 7 heteroatoms. The van der Waals surface area contributed by atoms with Crippen molar-refractivity contribution in [2.75, 3.05) is 26.2 Å². The highest BCUT2D eigenvalue weighted by atomic mass is 16.2. The van der Waals surface area contributed by atoms with E-state index in [1.165, 1.54) is 0 Å². The van der Waals surface area contributed by atoms with Crippen molar-refractivity contribution in [3.63, 3.8) is 0 Å². The summed E-state index contributed by atoms with van der Waals surface area (Å²) in [5.41, 5.74) is 2.29. The van der Waals surface area contributed by atoms with Crippen LogP contribution in [0.1, 0.15) is 30.6 Å². The highest BCUT2D eigenvalue weighted by Gasteiger charge is 2.21. The van der Waals surface area contributed by atoms with E-state index in [4.69, 9.17) is 0 Å². The van der Waals surface area contributed by atoms with Gasteiger partial charge in [-0.05, 0) is 31.5 Å². The number of hydrogen-bond acceptors (Lipinski definition) is 4. The van der Waals surface area contributed by atoms with Crippen molar-refractivity contribution in [1.82, 2.24) is 24.8 Å². The van der Waals surface area contributed by atoms with Gasteiger partial charge in [0.1, 0.15) is 5.52 Å². The molecule has 0 radical (unpaired) electrons. The van der Waals surface area contributed by atoms with Gasteiger partial charge in [-0.2, -0.15) is 0 Å². The Bertz CT molecular complexity index is 739.